The second kappa shape index (κ2) is 4.28. The Hall–Kier alpha value is 0.360. The van der Waals surface area contributed by atoms with Crippen LogP contribution in [0, 0.1) is 0 Å². The van der Waals surface area contributed by atoms with Crippen LogP contribution >= 0.6 is 38.5 Å². The summed E-state index contributed by atoms with van der Waals surface area (Å²) in [4.78, 5) is 4.04. The van der Waals surface area contributed by atoms with Crippen LogP contribution in [0.4, 0.5) is 0 Å². The summed E-state index contributed by atoms with van der Waals surface area (Å²) in [6, 6.07) is 4.10. The number of nitrogens with zero attached hydrogens (tertiary/aromatic N) is 1. The van der Waals surface area contributed by atoms with Gasteiger partial charge in [0.1, 0.15) is 4.60 Å². The summed E-state index contributed by atoms with van der Waals surface area (Å²) in [5, 5.41) is 0. The van der Waals surface area contributed by atoms with Gasteiger partial charge in [0.25, 0.3) is 0 Å². The zero-order valence-electron chi connectivity index (χ0n) is 5.35. The van der Waals surface area contributed by atoms with Gasteiger partial charge >= 0.3 is 0 Å². The van der Waals surface area contributed by atoms with Gasteiger partial charge in [-0.05, 0) is 40.0 Å². The van der Waals surface area contributed by atoms with Gasteiger partial charge in [0.15, 0.2) is 0 Å². The molecule has 0 atom stereocenters. The summed E-state index contributed by atoms with van der Waals surface area (Å²) >= 11 is 5.69. The molecule has 1 rings (SSSR count). The van der Waals surface area contributed by atoms with E-state index in [0.29, 0.717) is 0 Å². The van der Waals surface area contributed by atoms with Crippen LogP contribution in [0.1, 0.15) is 5.56 Å². The topological polar surface area (TPSA) is 12.9 Å². The van der Waals surface area contributed by atoms with Crippen molar-refractivity contribution in [3.8, 4) is 0 Å². The molecule has 0 spiro atoms. The fraction of sp³-hybridized carbons (Fsp3) is 0.286. The Balaban J connectivity index is 2.75. The first kappa shape index (κ1) is 8.46. The Labute approximate surface area is 82.5 Å². The standard InChI is InChI=1S/C7H7BrIN/c8-7-5-6(1-3-9)2-4-10-7/h2,4-5H,1,3H2. The van der Waals surface area contributed by atoms with E-state index in [1.165, 1.54) is 5.56 Å². The van der Waals surface area contributed by atoms with Gasteiger partial charge in [-0.3, -0.25) is 0 Å². The molecule has 0 bridgehead atoms. The van der Waals surface area contributed by atoms with Gasteiger partial charge in [0, 0.05) is 10.6 Å². The number of hydrogen-bond donors (Lipinski definition) is 0. The van der Waals surface area contributed by atoms with Gasteiger partial charge < -0.3 is 0 Å². The average molecular weight is 312 g/mol. The largest absolute Gasteiger partial charge is 0.249 e. The Kier molecular flexibility index (Phi) is 3.62. The first-order chi connectivity index (χ1) is 4.83. The number of halogens is 2. The number of aryl methyl sites for hydroxylation is 1. The smallest absolute Gasteiger partial charge is 0.106 e. The summed E-state index contributed by atoms with van der Waals surface area (Å²) in [7, 11) is 0. The Bertz CT molecular complexity index is 215. The van der Waals surface area contributed by atoms with Crippen molar-refractivity contribution in [2.45, 2.75) is 6.42 Å². The van der Waals surface area contributed by atoms with E-state index in [-0.39, 0.29) is 0 Å². The van der Waals surface area contributed by atoms with E-state index in [0.717, 1.165) is 15.5 Å². The Morgan fingerprint density at radius 3 is 3.00 bits per heavy atom. The predicted molar refractivity (Wildman–Crippen MR) is 54.5 cm³/mol. The zero-order chi connectivity index (χ0) is 7.40. The normalized spacial score (nSPS) is 9.80. The first-order valence-electron chi connectivity index (χ1n) is 2.99. The van der Waals surface area contributed by atoms with E-state index in [1.54, 1.807) is 0 Å². The maximum atomic E-state index is 4.04. The third-order valence-corrected chi connectivity index (χ3v) is 2.15. The van der Waals surface area contributed by atoms with Crippen molar-refractivity contribution < 1.29 is 0 Å². The molecule has 54 valence electrons. The maximum absolute atomic E-state index is 4.04. The third-order valence-electron chi connectivity index (χ3n) is 1.17. The lowest BCUT2D eigenvalue weighted by molar-refractivity contribution is 1.13. The average Bonchev–Trinajstić information content (AvgIpc) is 1.88. The highest BCUT2D eigenvalue weighted by Crippen LogP contribution is 2.08. The third kappa shape index (κ3) is 2.54. The van der Waals surface area contributed by atoms with Gasteiger partial charge in [-0.1, -0.05) is 22.6 Å². The number of pyridine rings is 1. The fourth-order valence-electron chi connectivity index (χ4n) is 0.707. The van der Waals surface area contributed by atoms with Crippen molar-refractivity contribution in [3.63, 3.8) is 0 Å². The van der Waals surface area contributed by atoms with Crippen molar-refractivity contribution in [1.29, 1.82) is 0 Å². The zero-order valence-corrected chi connectivity index (χ0v) is 9.09. The number of rotatable bonds is 2. The van der Waals surface area contributed by atoms with Crippen molar-refractivity contribution in [1.82, 2.24) is 4.98 Å². The summed E-state index contributed by atoms with van der Waals surface area (Å²) in [6.45, 7) is 0. The van der Waals surface area contributed by atoms with Crippen LogP contribution in [0.5, 0.6) is 0 Å². The summed E-state index contributed by atoms with van der Waals surface area (Å²) in [5.41, 5.74) is 1.34. The number of aromatic nitrogens is 1. The molecule has 0 aliphatic rings. The molecule has 0 saturated heterocycles. The highest BCUT2D eigenvalue weighted by Gasteiger charge is 1.91. The van der Waals surface area contributed by atoms with Crippen molar-refractivity contribution in [2.24, 2.45) is 0 Å². The molecule has 0 aromatic carbocycles. The van der Waals surface area contributed by atoms with E-state index in [9.17, 15) is 0 Å². The monoisotopic (exact) mass is 311 g/mol. The lowest BCUT2D eigenvalue weighted by atomic mass is 10.2. The van der Waals surface area contributed by atoms with Crippen LogP contribution in [0.15, 0.2) is 22.9 Å². The minimum absolute atomic E-state index is 0.926. The highest BCUT2D eigenvalue weighted by molar-refractivity contribution is 14.1. The molecule has 0 saturated carbocycles. The molecule has 1 aromatic heterocycles. The van der Waals surface area contributed by atoms with E-state index in [4.69, 9.17) is 0 Å². The molecule has 0 N–H and O–H groups in total. The van der Waals surface area contributed by atoms with Gasteiger partial charge in [0.2, 0.25) is 0 Å². The molecule has 0 aliphatic heterocycles. The van der Waals surface area contributed by atoms with Crippen LogP contribution in [-0.2, 0) is 6.42 Å². The van der Waals surface area contributed by atoms with Gasteiger partial charge in [-0.15, -0.1) is 0 Å². The second-order valence-electron chi connectivity index (χ2n) is 1.93. The molecular weight excluding hydrogens is 305 g/mol. The van der Waals surface area contributed by atoms with E-state index in [2.05, 4.69) is 49.6 Å². The summed E-state index contributed by atoms with van der Waals surface area (Å²) in [6.07, 6.45) is 2.95. The molecule has 1 nitrogen and oxygen atoms in total. The van der Waals surface area contributed by atoms with Crippen molar-refractivity contribution >= 4 is 38.5 Å². The van der Waals surface area contributed by atoms with Crippen molar-refractivity contribution in [2.75, 3.05) is 4.43 Å². The summed E-state index contributed by atoms with van der Waals surface area (Å²) < 4.78 is 2.09. The molecule has 0 aliphatic carbocycles. The lowest BCUT2D eigenvalue weighted by Gasteiger charge is -1.95. The minimum Gasteiger partial charge on any atom is -0.249 e. The van der Waals surface area contributed by atoms with Crippen molar-refractivity contribution in [3.05, 3.63) is 28.5 Å². The van der Waals surface area contributed by atoms with Gasteiger partial charge in [-0.2, -0.15) is 0 Å². The van der Waals surface area contributed by atoms with Crippen LogP contribution < -0.4 is 0 Å². The number of alkyl halides is 1. The molecule has 0 amide bonds. The van der Waals surface area contributed by atoms with Crippen LogP contribution in [0.25, 0.3) is 0 Å². The van der Waals surface area contributed by atoms with Crippen LogP contribution in [0.3, 0.4) is 0 Å². The highest BCUT2D eigenvalue weighted by atomic mass is 127. The molecule has 1 aromatic rings. The molecule has 1 heterocycles. The van der Waals surface area contributed by atoms with E-state index in [1.807, 2.05) is 12.3 Å². The first-order valence-corrected chi connectivity index (χ1v) is 5.31. The van der Waals surface area contributed by atoms with E-state index >= 15 is 0 Å². The minimum atomic E-state index is 0.926. The van der Waals surface area contributed by atoms with Crippen LogP contribution in [-0.4, -0.2) is 9.41 Å². The molecule has 0 fully saturated rings. The SMILES string of the molecule is Brc1cc(CCI)ccn1. The Morgan fingerprint density at radius 2 is 2.40 bits per heavy atom. The molecular formula is C7H7BrIN. The van der Waals surface area contributed by atoms with Gasteiger partial charge in [0.05, 0.1) is 0 Å². The maximum Gasteiger partial charge on any atom is 0.106 e. The number of hydrogen-bond acceptors (Lipinski definition) is 1. The molecule has 3 heteroatoms. The molecule has 0 radical (unpaired) electrons. The predicted octanol–water partition coefficient (Wildman–Crippen LogP) is 2.82. The molecule has 0 unspecified atom stereocenters. The molecule has 10 heavy (non-hydrogen) atoms. The van der Waals surface area contributed by atoms with E-state index < -0.39 is 0 Å². The quantitative estimate of drug-likeness (QED) is 0.465. The van der Waals surface area contributed by atoms with Gasteiger partial charge in [-0.25, -0.2) is 4.98 Å². The second-order valence-corrected chi connectivity index (χ2v) is 3.82. The fourth-order valence-corrected chi connectivity index (χ4v) is 1.74. The lowest BCUT2D eigenvalue weighted by Crippen LogP contribution is -1.85. The summed E-state index contributed by atoms with van der Waals surface area (Å²) in [5.74, 6) is 0. The Morgan fingerprint density at radius 1 is 1.60 bits per heavy atom. The van der Waals surface area contributed by atoms with Crippen LogP contribution in [0.2, 0.25) is 0 Å².